The van der Waals surface area contributed by atoms with E-state index in [0.717, 1.165) is 5.56 Å². The van der Waals surface area contributed by atoms with Gasteiger partial charge in [-0.1, -0.05) is 18.2 Å². The predicted octanol–water partition coefficient (Wildman–Crippen LogP) is 1.62. The second-order valence-corrected chi connectivity index (χ2v) is 2.79. The van der Waals surface area contributed by atoms with Crippen LogP contribution in [0.2, 0.25) is 0 Å². The summed E-state index contributed by atoms with van der Waals surface area (Å²) in [4.78, 5) is 10.6. The summed E-state index contributed by atoms with van der Waals surface area (Å²) in [7, 11) is 0. The fourth-order valence-corrected chi connectivity index (χ4v) is 0.963. The molecule has 0 aliphatic heterocycles. The summed E-state index contributed by atoms with van der Waals surface area (Å²) >= 11 is 0. The van der Waals surface area contributed by atoms with Crippen LogP contribution >= 0.6 is 0 Å². The summed E-state index contributed by atoms with van der Waals surface area (Å²) in [6.45, 7) is 1.17. The second kappa shape index (κ2) is 5.19. The summed E-state index contributed by atoms with van der Waals surface area (Å²) in [5.41, 5.74) is 0.922. The Labute approximate surface area is 82.6 Å². The average Bonchev–Trinajstić information content (AvgIpc) is 2.17. The molecule has 0 saturated carbocycles. The zero-order chi connectivity index (χ0) is 10.4. The quantitative estimate of drug-likeness (QED) is 0.582. The first kappa shape index (κ1) is 10.5. The highest BCUT2D eigenvalue weighted by atomic mass is 16.6. The van der Waals surface area contributed by atoms with Crippen molar-refractivity contribution in [1.29, 1.82) is 0 Å². The maximum Gasteiger partial charge on any atom is 0.186 e. The third-order valence-corrected chi connectivity index (χ3v) is 1.62. The van der Waals surface area contributed by atoms with Crippen LogP contribution in [0.15, 0.2) is 30.3 Å². The highest BCUT2D eigenvalue weighted by Crippen LogP contribution is 2.12. The van der Waals surface area contributed by atoms with E-state index in [9.17, 15) is 4.79 Å². The molecule has 0 radical (unpaired) electrons. The molecule has 3 heteroatoms. The number of aliphatic hydroxyl groups excluding tert-OH is 1. The van der Waals surface area contributed by atoms with Crippen molar-refractivity contribution < 1.29 is 14.6 Å². The summed E-state index contributed by atoms with van der Waals surface area (Å²) in [5.74, 6) is 0.619. The van der Waals surface area contributed by atoms with Gasteiger partial charge in [0.25, 0.3) is 0 Å². The lowest BCUT2D eigenvalue weighted by atomic mass is 10.2. The molecule has 0 bridgehead atoms. The van der Waals surface area contributed by atoms with Gasteiger partial charge in [-0.25, -0.2) is 0 Å². The molecule has 1 N–H and O–H groups in total. The van der Waals surface area contributed by atoms with E-state index in [-0.39, 0.29) is 12.6 Å². The Morgan fingerprint density at radius 2 is 2.07 bits per heavy atom. The van der Waals surface area contributed by atoms with Crippen LogP contribution in [0.25, 0.3) is 6.08 Å². The van der Waals surface area contributed by atoms with Crippen LogP contribution in [0.5, 0.6) is 5.75 Å². The van der Waals surface area contributed by atoms with Crippen LogP contribution in [0.1, 0.15) is 12.5 Å². The Morgan fingerprint density at radius 1 is 1.43 bits per heavy atom. The Hall–Kier alpha value is -1.61. The third kappa shape index (κ3) is 3.41. The molecule has 0 aliphatic carbocycles. The minimum absolute atomic E-state index is 0.0145. The van der Waals surface area contributed by atoms with E-state index >= 15 is 0 Å². The van der Waals surface area contributed by atoms with Crippen molar-refractivity contribution in [2.45, 2.75) is 6.92 Å². The Bertz CT molecular complexity index is 325. The first-order valence-corrected chi connectivity index (χ1v) is 4.25. The van der Waals surface area contributed by atoms with Gasteiger partial charge in [0.05, 0.1) is 0 Å². The second-order valence-electron chi connectivity index (χ2n) is 2.79. The van der Waals surface area contributed by atoms with Gasteiger partial charge in [0.2, 0.25) is 0 Å². The number of carbonyl (C=O) groups excluding carboxylic acids is 1. The monoisotopic (exact) mass is 192 g/mol. The molecule has 0 spiro atoms. The predicted molar refractivity (Wildman–Crippen MR) is 53.9 cm³/mol. The lowest BCUT2D eigenvalue weighted by molar-refractivity contribution is -0.112. The lowest BCUT2D eigenvalue weighted by Crippen LogP contribution is -1.93. The molecule has 74 valence electrons. The first-order chi connectivity index (χ1) is 6.72. The Balaban J connectivity index is 2.68. The van der Waals surface area contributed by atoms with Gasteiger partial charge in [0.1, 0.15) is 5.75 Å². The lowest BCUT2D eigenvalue weighted by Gasteiger charge is -2.01. The highest BCUT2D eigenvalue weighted by molar-refractivity contribution is 5.91. The molecule has 1 rings (SSSR count). The van der Waals surface area contributed by atoms with Gasteiger partial charge < -0.3 is 9.84 Å². The number of ketones is 1. The van der Waals surface area contributed by atoms with E-state index in [1.54, 1.807) is 18.2 Å². The number of rotatable bonds is 4. The molecule has 14 heavy (non-hydrogen) atoms. The van der Waals surface area contributed by atoms with E-state index in [1.165, 1.54) is 13.0 Å². The normalized spacial score (nSPS) is 10.4. The van der Waals surface area contributed by atoms with Crippen LogP contribution in [0.3, 0.4) is 0 Å². The molecule has 0 amide bonds. The maximum atomic E-state index is 10.6. The third-order valence-electron chi connectivity index (χ3n) is 1.62. The van der Waals surface area contributed by atoms with Crippen LogP contribution in [0, 0.1) is 0 Å². The number of ether oxygens (including phenoxy) is 1. The number of carbonyl (C=O) groups is 1. The van der Waals surface area contributed by atoms with Gasteiger partial charge in [-0.15, -0.1) is 0 Å². The minimum atomic E-state index is -0.331. The fraction of sp³-hybridized carbons (Fsp3) is 0.182. The Morgan fingerprint density at radius 3 is 2.57 bits per heavy atom. The number of allylic oxidation sites excluding steroid dienone is 1. The molecule has 0 saturated heterocycles. The molecule has 1 aromatic rings. The molecule has 0 atom stereocenters. The smallest absolute Gasteiger partial charge is 0.186 e. The summed E-state index contributed by atoms with van der Waals surface area (Å²) in [6.07, 6.45) is 3.23. The average molecular weight is 192 g/mol. The van der Waals surface area contributed by atoms with Crippen LogP contribution in [-0.4, -0.2) is 17.7 Å². The van der Waals surface area contributed by atoms with Crippen LogP contribution < -0.4 is 4.74 Å². The summed E-state index contributed by atoms with van der Waals surface area (Å²) in [6, 6.07) is 7.08. The van der Waals surface area contributed by atoms with Crippen molar-refractivity contribution in [2.24, 2.45) is 0 Å². The molecule has 3 nitrogen and oxygen atoms in total. The van der Waals surface area contributed by atoms with E-state index in [1.807, 2.05) is 12.1 Å². The summed E-state index contributed by atoms with van der Waals surface area (Å²) in [5, 5.41) is 8.48. The summed E-state index contributed by atoms with van der Waals surface area (Å²) < 4.78 is 4.85. The van der Waals surface area contributed by atoms with Crippen molar-refractivity contribution in [1.82, 2.24) is 0 Å². The van der Waals surface area contributed by atoms with Crippen LogP contribution in [0.4, 0.5) is 0 Å². The zero-order valence-corrected chi connectivity index (χ0v) is 7.93. The van der Waals surface area contributed by atoms with Gasteiger partial charge in [-0.2, -0.15) is 0 Å². The maximum absolute atomic E-state index is 10.6. The molecule has 0 unspecified atom stereocenters. The SMILES string of the molecule is CC(=O)/C=C/c1ccc(OCO)cc1. The number of benzene rings is 1. The zero-order valence-electron chi connectivity index (χ0n) is 7.93. The van der Waals surface area contributed by atoms with Gasteiger partial charge >= 0.3 is 0 Å². The van der Waals surface area contributed by atoms with E-state index in [0.29, 0.717) is 5.75 Å². The fourth-order valence-electron chi connectivity index (χ4n) is 0.963. The van der Waals surface area contributed by atoms with Gasteiger partial charge in [-0.05, 0) is 30.7 Å². The van der Waals surface area contributed by atoms with Crippen molar-refractivity contribution in [3.05, 3.63) is 35.9 Å². The molecular weight excluding hydrogens is 180 g/mol. The largest absolute Gasteiger partial charge is 0.468 e. The van der Waals surface area contributed by atoms with E-state index in [2.05, 4.69) is 0 Å². The van der Waals surface area contributed by atoms with Gasteiger partial charge in [-0.3, -0.25) is 4.79 Å². The topological polar surface area (TPSA) is 46.5 Å². The van der Waals surface area contributed by atoms with Crippen molar-refractivity contribution >= 4 is 11.9 Å². The molecule has 1 aromatic carbocycles. The van der Waals surface area contributed by atoms with E-state index < -0.39 is 0 Å². The number of aliphatic hydroxyl groups is 1. The number of hydrogen-bond acceptors (Lipinski definition) is 3. The first-order valence-electron chi connectivity index (χ1n) is 4.25. The van der Waals surface area contributed by atoms with Crippen molar-refractivity contribution in [3.63, 3.8) is 0 Å². The molecule has 0 fully saturated rings. The van der Waals surface area contributed by atoms with Crippen molar-refractivity contribution in [3.8, 4) is 5.75 Å². The molecular formula is C11H12O3. The van der Waals surface area contributed by atoms with Crippen LogP contribution in [-0.2, 0) is 4.79 Å². The molecule has 0 aromatic heterocycles. The highest BCUT2D eigenvalue weighted by Gasteiger charge is 1.91. The minimum Gasteiger partial charge on any atom is -0.468 e. The Kier molecular flexibility index (Phi) is 3.88. The van der Waals surface area contributed by atoms with Gasteiger partial charge in [0, 0.05) is 0 Å². The standard InChI is InChI=1S/C11H12O3/c1-9(13)2-3-10-4-6-11(7-5-10)14-8-12/h2-7,12H,8H2,1H3/b3-2+. The van der Waals surface area contributed by atoms with Crippen molar-refractivity contribution in [2.75, 3.05) is 6.79 Å². The van der Waals surface area contributed by atoms with E-state index in [4.69, 9.17) is 9.84 Å². The molecule has 0 heterocycles. The van der Waals surface area contributed by atoms with Gasteiger partial charge in [0.15, 0.2) is 12.6 Å². The molecule has 0 aliphatic rings. The number of hydrogen-bond donors (Lipinski definition) is 1.